The third kappa shape index (κ3) is 9.93. The summed E-state index contributed by atoms with van der Waals surface area (Å²) in [6.07, 6.45) is 15.9. The van der Waals surface area contributed by atoms with Crippen molar-refractivity contribution in [2.45, 2.75) is 77.6 Å². The summed E-state index contributed by atoms with van der Waals surface area (Å²) in [5.41, 5.74) is 1.31. The standard InChI is InChI=1S/C21H32O2/c1-3-5-6-7-8-9-10-11-12-13-14-19-15-17-20(18-16-19)23-21(22)4-2/h4,15-18H,2-3,5-14H2,1H3. The van der Waals surface area contributed by atoms with Crippen LogP contribution in [-0.2, 0) is 11.2 Å². The number of hydrogen-bond donors (Lipinski definition) is 0. The number of esters is 1. The Kier molecular flexibility index (Phi) is 10.9. The van der Waals surface area contributed by atoms with Crippen molar-refractivity contribution in [3.63, 3.8) is 0 Å². The van der Waals surface area contributed by atoms with Crippen LogP contribution in [0.2, 0.25) is 0 Å². The molecule has 0 aromatic heterocycles. The second kappa shape index (κ2) is 12.9. The van der Waals surface area contributed by atoms with Gasteiger partial charge in [0, 0.05) is 6.08 Å². The van der Waals surface area contributed by atoms with E-state index in [1.807, 2.05) is 24.3 Å². The van der Waals surface area contributed by atoms with Gasteiger partial charge in [-0.05, 0) is 30.5 Å². The van der Waals surface area contributed by atoms with Crippen LogP contribution >= 0.6 is 0 Å². The largest absolute Gasteiger partial charge is 0.423 e. The van der Waals surface area contributed by atoms with Gasteiger partial charge in [-0.2, -0.15) is 0 Å². The number of unbranched alkanes of at least 4 members (excludes halogenated alkanes) is 9. The summed E-state index contributed by atoms with van der Waals surface area (Å²) in [7, 11) is 0. The van der Waals surface area contributed by atoms with Gasteiger partial charge in [0.1, 0.15) is 5.75 Å². The lowest BCUT2D eigenvalue weighted by atomic mass is 10.0. The van der Waals surface area contributed by atoms with Crippen LogP contribution in [0, 0.1) is 0 Å². The van der Waals surface area contributed by atoms with Crippen LogP contribution in [0.1, 0.15) is 76.7 Å². The number of aryl methyl sites for hydroxylation is 1. The summed E-state index contributed by atoms with van der Waals surface area (Å²) in [6.45, 7) is 5.65. The normalized spacial score (nSPS) is 10.5. The molecule has 0 spiro atoms. The summed E-state index contributed by atoms with van der Waals surface area (Å²) < 4.78 is 5.07. The summed E-state index contributed by atoms with van der Waals surface area (Å²) in [4.78, 5) is 11.1. The molecule has 0 aliphatic carbocycles. The Labute approximate surface area is 141 Å². The van der Waals surface area contributed by atoms with E-state index in [1.54, 1.807) is 0 Å². The lowest BCUT2D eigenvalue weighted by Gasteiger charge is -2.05. The van der Waals surface area contributed by atoms with E-state index in [1.165, 1.54) is 75.8 Å². The highest BCUT2D eigenvalue weighted by molar-refractivity contribution is 5.83. The van der Waals surface area contributed by atoms with Gasteiger partial charge in [0.25, 0.3) is 0 Å². The molecule has 2 nitrogen and oxygen atoms in total. The quantitative estimate of drug-likeness (QED) is 0.186. The van der Waals surface area contributed by atoms with Gasteiger partial charge in [-0.3, -0.25) is 0 Å². The maximum atomic E-state index is 11.1. The van der Waals surface area contributed by atoms with Crippen molar-refractivity contribution in [1.29, 1.82) is 0 Å². The first-order valence-corrected chi connectivity index (χ1v) is 9.19. The molecule has 0 saturated heterocycles. The van der Waals surface area contributed by atoms with Gasteiger partial charge < -0.3 is 4.74 Å². The number of benzene rings is 1. The SMILES string of the molecule is C=CC(=O)Oc1ccc(CCCCCCCCCCCC)cc1. The number of carbonyl (C=O) groups excluding carboxylic acids is 1. The Morgan fingerprint density at radius 2 is 1.43 bits per heavy atom. The molecule has 128 valence electrons. The fourth-order valence-electron chi connectivity index (χ4n) is 2.70. The molecule has 0 heterocycles. The smallest absolute Gasteiger partial charge is 0.335 e. The van der Waals surface area contributed by atoms with Crippen molar-refractivity contribution in [2.75, 3.05) is 0 Å². The molecule has 1 aromatic carbocycles. The highest BCUT2D eigenvalue weighted by Crippen LogP contribution is 2.16. The Morgan fingerprint density at radius 3 is 1.96 bits per heavy atom. The van der Waals surface area contributed by atoms with Gasteiger partial charge in [-0.25, -0.2) is 4.79 Å². The predicted molar refractivity (Wildman–Crippen MR) is 97.8 cm³/mol. The lowest BCUT2D eigenvalue weighted by molar-refractivity contribution is -0.128. The Morgan fingerprint density at radius 1 is 0.913 bits per heavy atom. The van der Waals surface area contributed by atoms with Crippen molar-refractivity contribution in [3.05, 3.63) is 42.5 Å². The third-order valence-corrected chi connectivity index (χ3v) is 4.13. The second-order valence-corrected chi connectivity index (χ2v) is 6.20. The van der Waals surface area contributed by atoms with Crippen LogP contribution < -0.4 is 4.74 Å². The molecule has 0 aliphatic rings. The molecular formula is C21H32O2. The number of hydrogen-bond acceptors (Lipinski definition) is 2. The predicted octanol–water partition coefficient (Wildman–Crippen LogP) is 6.24. The molecule has 0 N–H and O–H groups in total. The molecule has 0 aliphatic heterocycles. The zero-order valence-electron chi connectivity index (χ0n) is 14.7. The minimum atomic E-state index is -0.410. The van der Waals surface area contributed by atoms with E-state index in [9.17, 15) is 4.79 Å². The van der Waals surface area contributed by atoms with Crippen LogP contribution in [0.4, 0.5) is 0 Å². The average Bonchev–Trinajstić information content (AvgIpc) is 2.58. The molecule has 0 fully saturated rings. The van der Waals surface area contributed by atoms with Gasteiger partial charge in [-0.15, -0.1) is 0 Å². The van der Waals surface area contributed by atoms with E-state index in [-0.39, 0.29) is 0 Å². The molecular weight excluding hydrogens is 284 g/mol. The second-order valence-electron chi connectivity index (χ2n) is 6.20. The molecule has 2 heteroatoms. The van der Waals surface area contributed by atoms with Gasteiger partial charge in [0.2, 0.25) is 0 Å². The van der Waals surface area contributed by atoms with Crippen LogP contribution in [0.25, 0.3) is 0 Å². The Bertz CT molecular complexity index is 434. The Balaban J connectivity index is 2.03. The minimum absolute atomic E-state index is 0.410. The van der Waals surface area contributed by atoms with Crippen molar-refractivity contribution >= 4 is 5.97 Å². The molecule has 0 saturated carbocycles. The molecule has 0 bridgehead atoms. The first-order valence-electron chi connectivity index (χ1n) is 9.19. The van der Waals surface area contributed by atoms with Crippen LogP contribution in [0.3, 0.4) is 0 Å². The van der Waals surface area contributed by atoms with Crippen molar-refractivity contribution in [1.82, 2.24) is 0 Å². The Hall–Kier alpha value is -1.57. The molecule has 1 aromatic rings. The number of ether oxygens (including phenoxy) is 1. The van der Waals surface area contributed by atoms with Crippen molar-refractivity contribution < 1.29 is 9.53 Å². The van der Waals surface area contributed by atoms with Crippen LogP contribution in [0.5, 0.6) is 5.75 Å². The molecule has 0 atom stereocenters. The fourth-order valence-corrected chi connectivity index (χ4v) is 2.70. The summed E-state index contributed by atoms with van der Waals surface area (Å²) in [5, 5.41) is 0. The average molecular weight is 316 g/mol. The maximum Gasteiger partial charge on any atom is 0.335 e. The minimum Gasteiger partial charge on any atom is -0.423 e. The molecule has 1 rings (SSSR count). The summed E-state index contributed by atoms with van der Waals surface area (Å²) in [6, 6.07) is 7.79. The molecule has 0 amide bonds. The van der Waals surface area contributed by atoms with Crippen molar-refractivity contribution in [3.8, 4) is 5.75 Å². The molecule has 23 heavy (non-hydrogen) atoms. The van der Waals surface area contributed by atoms with E-state index < -0.39 is 5.97 Å². The first kappa shape index (κ1) is 19.5. The summed E-state index contributed by atoms with van der Waals surface area (Å²) in [5.74, 6) is 0.175. The number of carbonyl (C=O) groups is 1. The van der Waals surface area contributed by atoms with E-state index in [2.05, 4.69) is 13.5 Å². The highest BCUT2D eigenvalue weighted by Gasteiger charge is 2.00. The molecule has 0 radical (unpaired) electrons. The van der Waals surface area contributed by atoms with E-state index in [0.717, 1.165) is 6.42 Å². The monoisotopic (exact) mass is 316 g/mol. The zero-order valence-corrected chi connectivity index (χ0v) is 14.7. The van der Waals surface area contributed by atoms with Gasteiger partial charge in [-0.1, -0.05) is 83.4 Å². The number of rotatable bonds is 13. The summed E-state index contributed by atoms with van der Waals surface area (Å²) >= 11 is 0. The zero-order chi connectivity index (χ0) is 16.8. The van der Waals surface area contributed by atoms with Crippen molar-refractivity contribution in [2.24, 2.45) is 0 Å². The maximum absolute atomic E-state index is 11.1. The first-order chi connectivity index (χ1) is 11.3. The van der Waals surface area contributed by atoms with Gasteiger partial charge in [0.05, 0.1) is 0 Å². The van der Waals surface area contributed by atoms with E-state index >= 15 is 0 Å². The third-order valence-electron chi connectivity index (χ3n) is 4.13. The lowest BCUT2D eigenvalue weighted by Crippen LogP contribution is -2.02. The van der Waals surface area contributed by atoms with Gasteiger partial charge >= 0.3 is 5.97 Å². The van der Waals surface area contributed by atoms with Crippen LogP contribution in [0.15, 0.2) is 36.9 Å². The molecule has 0 unspecified atom stereocenters. The topological polar surface area (TPSA) is 26.3 Å². The van der Waals surface area contributed by atoms with Crippen LogP contribution in [-0.4, -0.2) is 5.97 Å². The fraction of sp³-hybridized carbons (Fsp3) is 0.571. The van der Waals surface area contributed by atoms with Gasteiger partial charge in [0.15, 0.2) is 0 Å². The van der Waals surface area contributed by atoms with E-state index in [4.69, 9.17) is 4.74 Å². The highest BCUT2D eigenvalue weighted by atomic mass is 16.5. The van der Waals surface area contributed by atoms with E-state index in [0.29, 0.717) is 5.75 Å².